The molecule has 0 saturated carbocycles. The SMILES string of the molecule is COc1ccc(CNCc2c(C(=O)O)n(Cc3ccc(F)cc3)c3cc(OC)ccc23)cc1. The van der Waals surface area contributed by atoms with Crippen molar-refractivity contribution >= 4 is 16.9 Å². The van der Waals surface area contributed by atoms with Crippen LogP contribution in [0.5, 0.6) is 11.5 Å². The molecule has 33 heavy (non-hydrogen) atoms. The molecule has 0 unspecified atom stereocenters. The van der Waals surface area contributed by atoms with Crippen molar-refractivity contribution in [3.63, 3.8) is 0 Å². The van der Waals surface area contributed by atoms with E-state index in [0.717, 1.165) is 27.8 Å². The molecular formula is C26H25FN2O4. The number of fused-ring (bicyclic) bond motifs is 1. The van der Waals surface area contributed by atoms with E-state index in [1.54, 1.807) is 30.9 Å². The third-order valence-electron chi connectivity index (χ3n) is 5.62. The van der Waals surface area contributed by atoms with Crippen molar-refractivity contribution in [3.8, 4) is 11.5 Å². The number of hydrogen-bond acceptors (Lipinski definition) is 4. The average molecular weight is 448 g/mol. The Hall–Kier alpha value is -3.84. The second-order valence-electron chi connectivity index (χ2n) is 7.68. The van der Waals surface area contributed by atoms with E-state index in [0.29, 0.717) is 30.9 Å². The Morgan fingerprint density at radius 3 is 2.18 bits per heavy atom. The van der Waals surface area contributed by atoms with Crippen molar-refractivity contribution in [2.24, 2.45) is 0 Å². The van der Waals surface area contributed by atoms with Crippen molar-refractivity contribution in [1.29, 1.82) is 0 Å². The van der Waals surface area contributed by atoms with Crippen LogP contribution in [0.2, 0.25) is 0 Å². The lowest BCUT2D eigenvalue weighted by molar-refractivity contribution is 0.0684. The third-order valence-corrected chi connectivity index (χ3v) is 5.62. The molecule has 170 valence electrons. The predicted octanol–water partition coefficient (Wildman–Crippen LogP) is 4.83. The summed E-state index contributed by atoms with van der Waals surface area (Å²) in [6, 6.07) is 19.3. The molecule has 1 aromatic heterocycles. The second kappa shape index (κ2) is 9.75. The zero-order valence-electron chi connectivity index (χ0n) is 18.5. The summed E-state index contributed by atoms with van der Waals surface area (Å²) in [4.78, 5) is 12.4. The van der Waals surface area contributed by atoms with E-state index in [4.69, 9.17) is 9.47 Å². The molecule has 0 fully saturated rings. The molecular weight excluding hydrogens is 423 g/mol. The average Bonchev–Trinajstić information content (AvgIpc) is 3.13. The first kappa shape index (κ1) is 22.4. The van der Waals surface area contributed by atoms with Gasteiger partial charge in [-0.15, -0.1) is 0 Å². The topological polar surface area (TPSA) is 72.7 Å². The Labute approximate surface area is 191 Å². The number of nitrogens with one attached hydrogen (secondary N) is 1. The Kier molecular flexibility index (Phi) is 6.60. The molecule has 0 spiro atoms. The fourth-order valence-electron chi connectivity index (χ4n) is 3.96. The zero-order chi connectivity index (χ0) is 23.4. The van der Waals surface area contributed by atoms with Crippen LogP contribution in [0.3, 0.4) is 0 Å². The molecule has 0 saturated heterocycles. The molecule has 0 radical (unpaired) electrons. The number of hydrogen-bond donors (Lipinski definition) is 2. The molecule has 6 nitrogen and oxygen atoms in total. The van der Waals surface area contributed by atoms with E-state index in [9.17, 15) is 14.3 Å². The number of aromatic carboxylic acids is 1. The molecule has 4 aromatic rings. The number of aromatic nitrogens is 1. The van der Waals surface area contributed by atoms with Crippen LogP contribution in [0.15, 0.2) is 66.7 Å². The smallest absolute Gasteiger partial charge is 0.352 e. The standard InChI is InChI=1S/C26H25FN2O4/c1-32-20-9-5-17(6-10-20)14-28-15-23-22-12-11-21(33-2)13-24(22)29(25(23)26(30)31)16-18-3-7-19(27)8-4-18/h3-13,28H,14-16H2,1-2H3,(H,30,31). The van der Waals surface area contributed by atoms with E-state index in [1.165, 1.54) is 12.1 Å². The fraction of sp³-hybridized carbons (Fsp3) is 0.192. The van der Waals surface area contributed by atoms with Gasteiger partial charge in [-0.2, -0.15) is 0 Å². The number of rotatable bonds is 9. The van der Waals surface area contributed by atoms with Gasteiger partial charge in [0.15, 0.2) is 0 Å². The quantitative estimate of drug-likeness (QED) is 0.384. The summed E-state index contributed by atoms with van der Waals surface area (Å²) < 4.78 is 25.7. The molecule has 0 aliphatic carbocycles. The molecule has 0 aliphatic heterocycles. The largest absolute Gasteiger partial charge is 0.497 e. The Morgan fingerprint density at radius 1 is 0.909 bits per heavy atom. The lowest BCUT2D eigenvalue weighted by Crippen LogP contribution is -2.17. The van der Waals surface area contributed by atoms with Gasteiger partial charge in [-0.3, -0.25) is 0 Å². The Morgan fingerprint density at radius 2 is 1.55 bits per heavy atom. The van der Waals surface area contributed by atoms with Crippen LogP contribution in [-0.4, -0.2) is 29.9 Å². The van der Waals surface area contributed by atoms with E-state index in [-0.39, 0.29) is 11.5 Å². The number of nitrogens with zero attached hydrogens (tertiary/aromatic N) is 1. The zero-order valence-corrected chi connectivity index (χ0v) is 18.5. The second-order valence-corrected chi connectivity index (χ2v) is 7.68. The molecule has 0 aliphatic rings. The van der Waals surface area contributed by atoms with Gasteiger partial charge in [0, 0.05) is 36.7 Å². The first-order chi connectivity index (χ1) is 16.0. The summed E-state index contributed by atoms with van der Waals surface area (Å²) in [6.45, 7) is 1.24. The Balaban J connectivity index is 1.70. The summed E-state index contributed by atoms with van der Waals surface area (Å²) in [6.07, 6.45) is 0. The molecule has 1 heterocycles. The van der Waals surface area contributed by atoms with Crippen molar-refractivity contribution in [2.45, 2.75) is 19.6 Å². The number of methoxy groups -OCH3 is 2. The van der Waals surface area contributed by atoms with Gasteiger partial charge in [-0.25, -0.2) is 9.18 Å². The number of carboxylic acids is 1. The van der Waals surface area contributed by atoms with Crippen molar-refractivity contribution in [3.05, 3.63) is 94.9 Å². The summed E-state index contributed by atoms with van der Waals surface area (Å²) in [5, 5.41) is 14.3. The highest BCUT2D eigenvalue weighted by Crippen LogP contribution is 2.31. The van der Waals surface area contributed by atoms with Crippen molar-refractivity contribution in [1.82, 2.24) is 9.88 Å². The highest BCUT2D eigenvalue weighted by Gasteiger charge is 2.23. The number of carboxylic acid groups (broad SMARTS) is 1. The summed E-state index contributed by atoms with van der Waals surface area (Å²) in [5.41, 5.74) is 3.50. The van der Waals surface area contributed by atoms with Crippen LogP contribution in [0.25, 0.3) is 10.9 Å². The van der Waals surface area contributed by atoms with Crippen molar-refractivity contribution in [2.75, 3.05) is 14.2 Å². The third kappa shape index (κ3) is 4.83. The minimum atomic E-state index is -1.02. The number of benzene rings is 3. The molecule has 0 amide bonds. The van der Waals surface area contributed by atoms with Gasteiger partial charge < -0.3 is 24.5 Å². The molecule has 0 atom stereocenters. The van der Waals surface area contributed by atoms with Crippen LogP contribution >= 0.6 is 0 Å². The maximum absolute atomic E-state index is 13.4. The minimum Gasteiger partial charge on any atom is -0.497 e. The van der Waals surface area contributed by atoms with Gasteiger partial charge in [0.05, 0.1) is 19.7 Å². The number of ether oxygens (including phenoxy) is 2. The molecule has 3 aromatic carbocycles. The molecule has 4 rings (SSSR count). The predicted molar refractivity (Wildman–Crippen MR) is 124 cm³/mol. The lowest BCUT2D eigenvalue weighted by atomic mass is 10.1. The summed E-state index contributed by atoms with van der Waals surface area (Å²) >= 11 is 0. The van der Waals surface area contributed by atoms with Gasteiger partial charge in [0.2, 0.25) is 0 Å². The van der Waals surface area contributed by atoms with Crippen molar-refractivity contribution < 1.29 is 23.8 Å². The van der Waals surface area contributed by atoms with Crippen LogP contribution in [-0.2, 0) is 19.6 Å². The maximum atomic E-state index is 13.4. The highest BCUT2D eigenvalue weighted by molar-refractivity contribution is 5.98. The fourth-order valence-corrected chi connectivity index (χ4v) is 3.96. The van der Waals surface area contributed by atoms with Crippen LogP contribution in [0.4, 0.5) is 4.39 Å². The first-order valence-electron chi connectivity index (χ1n) is 10.5. The minimum absolute atomic E-state index is 0.199. The number of carbonyl (C=O) groups is 1. The van der Waals surface area contributed by atoms with Gasteiger partial charge in [-0.05, 0) is 47.5 Å². The molecule has 7 heteroatoms. The first-order valence-corrected chi connectivity index (χ1v) is 10.5. The van der Waals surface area contributed by atoms with Gasteiger partial charge in [0.1, 0.15) is 23.0 Å². The van der Waals surface area contributed by atoms with Gasteiger partial charge in [0.25, 0.3) is 0 Å². The monoisotopic (exact) mass is 448 g/mol. The highest BCUT2D eigenvalue weighted by atomic mass is 19.1. The van der Waals surface area contributed by atoms with E-state index >= 15 is 0 Å². The van der Waals surface area contributed by atoms with Gasteiger partial charge in [-0.1, -0.05) is 24.3 Å². The van der Waals surface area contributed by atoms with E-state index in [1.807, 2.05) is 42.5 Å². The molecule has 2 N–H and O–H groups in total. The van der Waals surface area contributed by atoms with E-state index in [2.05, 4.69) is 5.32 Å². The normalized spacial score (nSPS) is 11.0. The van der Waals surface area contributed by atoms with Gasteiger partial charge >= 0.3 is 5.97 Å². The maximum Gasteiger partial charge on any atom is 0.352 e. The van der Waals surface area contributed by atoms with Crippen LogP contribution < -0.4 is 14.8 Å². The summed E-state index contributed by atoms with van der Waals surface area (Å²) in [5.74, 6) is 0.0629. The number of halogens is 1. The van der Waals surface area contributed by atoms with E-state index < -0.39 is 5.97 Å². The summed E-state index contributed by atoms with van der Waals surface area (Å²) in [7, 11) is 3.20. The van der Waals surface area contributed by atoms with Crippen LogP contribution in [0.1, 0.15) is 27.2 Å². The molecule has 0 bridgehead atoms. The van der Waals surface area contributed by atoms with Crippen LogP contribution in [0, 0.1) is 5.82 Å². The lowest BCUT2D eigenvalue weighted by Gasteiger charge is -2.10. The Bertz CT molecular complexity index is 1260.